The first kappa shape index (κ1) is 16.8. The van der Waals surface area contributed by atoms with Gasteiger partial charge in [0, 0.05) is 12.2 Å². The Bertz CT molecular complexity index is 831. The van der Waals surface area contributed by atoms with Gasteiger partial charge in [0.25, 0.3) is 0 Å². The number of carbonyl (C=O) groups excluding carboxylic acids is 1. The predicted octanol–water partition coefficient (Wildman–Crippen LogP) is 1.30. The first-order valence-corrected chi connectivity index (χ1v) is 9.52. The van der Waals surface area contributed by atoms with Crippen LogP contribution in [0.25, 0.3) is 0 Å². The zero-order chi connectivity index (χ0) is 17.9. The number of hydrogen-bond acceptors (Lipinski definition) is 4. The summed E-state index contributed by atoms with van der Waals surface area (Å²) in [7, 11) is -3.36. The third-order valence-electron chi connectivity index (χ3n) is 4.98. The van der Waals surface area contributed by atoms with Crippen LogP contribution in [-0.4, -0.2) is 38.2 Å². The zero-order valence-corrected chi connectivity index (χ0v) is 14.6. The van der Waals surface area contributed by atoms with E-state index in [1.165, 1.54) is 4.31 Å². The Morgan fingerprint density at radius 2 is 1.96 bits per heavy atom. The van der Waals surface area contributed by atoms with Crippen molar-refractivity contribution in [1.82, 2.24) is 0 Å². The number of carbonyl (C=O) groups is 2. The number of hydrogen-bond donors (Lipinski definition) is 2. The molecular weight excluding hydrogens is 332 g/mol. The number of amides is 1. The van der Waals surface area contributed by atoms with Gasteiger partial charge in [0.1, 0.15) is 0 Å². The number of anilines is 2. The van der Waals surface area contributed by atoms with Crippen molar-refractivity contribution >= 4 is 33.3 Å². The molecule has 1 fully saturated rings. The maximum Gasteiger partial charge on any atom is 0.307 e. The molecule has 0 radical (unpaired) electrons. The van der Waals surface area contributed by atoms with Gasteiger partial charge in [0.05, 0.1) is 23.8 Å². The van der Waals surface area contributed by atoms with Gasteiger partial charge in [-0.3, -0.25) is 13.9 Å². The van der Waals surface area contributed by atoms with Crippen molar-refractivity contribution in [3.8, 4) is 0 Å². The molecule has 0 aromatic heterocycles. The van der Waals surface area contributed by atoms with Crippen LogP contribution in [0.3, 0.4) is 0 Å². The van der Waals surface area contributed by atoms with Crippen molar-refractivity contribution in [2.75, 3.05) is 22.4 Å². The number of carboxylic acids is 1. The SMILES string of the molecule is CC1(C)[C@H](C(=O)O)[C@H]1C(=O)Nc1ccc2c(c1)N(S(C)(=O)=O)CC2. The fraction of sp³-hybridized carbons (Fsp3) is 0.500. The van der Waals surface area contributed by atoms with E-state index in [1.807, 2.05) is 0 Å². The van der Waals surface area contributed by atoms with E-state index in [0.29, 0.717) is 24.3 Å². The molecule has 1 aromatic rings. The second-order valence-corrected chi connectivity index (χ2v) is 8.94. The van der Waals surface area contributed by atoms with Crippen LogP contribution in [0.1, 0.15) is 19.4 Å². The van der Waals surface area contributed by atoms with Crippen LogP contribution < -0.4 is 9.62 Å². The highest BCUT2D eigenvalue weighted by Crippen LogP contribution is 2.58. The van der Waals surface area contributed by atoms with Gasteiger partial charge in [-0.05, 0) is 29.5 Å². The molecule has 2 atom stereocenters. The predicted molar refractivity (Wildman–Crippen MR) is 89.4 cm³/mol. The number of benzene rings is 1. The van der Waals surface area contributed by atoms with E-state index in [4.69, 9.17) is 0 Å². The third kappa shape index (κ3) is 2.64. The molecule has 0 bridgehead atoms. The third-order valence-corrected chi connectivity index (χ3v) is 6.16. The maximum absolute atomic E-state index is 12.4. The minimum absolute atomic E-state index is 0.351. The molecule has 2 aliphatic rings. The Morgan fingerprint density at radius 1 is 1.29 bits per heavy atom. The largest absolute Gasteiger partial charge is 0.481 e. The molecule has 0 spiro atoms. The van der Waals surface area contributed by atoms with Crippen molar-refractivity contribution in [1.29, 1.82) is 0 Å². The minimum atomic E-state index is -3.36. The van der Waals surface area contributed by atoms with E-state index in [9.17, 15) is 23.1 Å². The van der Waals surface area contributed by atoms with Crippen molar-refractivity contribution in [2.24, 2.45) is 17.3 Å². The van der Waals surface area contributed by atoms with Crippen LogP contribution in [0.15, 0.2) is 18.2 Å². The molecular formula is C16H20N2O5S. The van der Waals surface area contributed by atoms with Gasteiger partial charge < -0.3 is 10.4 Å². The summed E-state index contributed by atoms with van der Waals surface area (Å²) in [6.45, 7) is 3.90. The normalized spacial score (nSPS) is 24.4. The van der Waals surface area contributed by atoms with Crippen LogP contribution in [-0.2, 0) is 26.0 Å². The lowest BCUT2D eigenvalue weighted by atomic mass is 10.1. The number of aliphatic carboxylic acids is 1. The molecule has 1 aliphatic carbocycles. The summed E-state index contributed by atoms with van der Waals surface area (Å²) in [4.78, 5) is 23.6. The Labute approximate surface area is 140 Å². The van der Waals surface area contributed by atoms with Crippen molar-refractivity contribution in [3.05, 3.63) is 23.8 Å². The summed E-state index contributed by atoms with van der Waals surface area (Å²) in [6.07, 6.45) is 1.78. The summed E-state index contributed by atoms with van der Waals surface area (Å²) >= 11 is 0. The lowest BCUT2D eigenvalue weighted by Crippen LogP contribution is -2.27. The maximum atomic E-state index is 12.4. The molecule has 1 saturated carbocycles. The molecule has 1 heterocycles. The lowest BCUT2D eigenvalue weighted by molar-refractivity contribution is -0.140. The van der Waals surface area contributed by atoms with E-state index < -0.39 is 33.2 Å². The monoisotopic (exact) mass is 352 g/mol. The van der Waals surface area contributed by atoms with Gasteiger partial charge in [-0.1, -0.05) is 19.9 Å². The number of sulfonamides is 1. The average Bonchev–Trinajstić information content (AvgIpc) is 2.82. The second kappa shape index (κ2) is 5.20. The van der Waals surface area contributed by atoms with Gasteiger partial charge in [0.15, 0.2) is 0 Å². The van der Waals surface area contributed by atoms with E-state index in [2.05, 4.69) is 5.32 Å². The molecule has 0 unspecified atom stereocenters. The molecule has 7 nitrogen and oxygen atoms in total. The molecule has 1 amide bonds. The van der Waals surface area contributed by atoms with Gasteiger partial charge in [0.2, 0.25) is 15.9 Å². The average molecular weight is 352 g/mol. The Hall–Kier alpha value is -2.09. The van der Waals surface area contributed by atoms with Gasteiger partial charge in [-0.2, -0.15) is 0 Å². The molecule has 24 heavy (non-hydrogen) atoms. The summed E-state index contributed by atoms with van der Waals surface area (Å²) in [6, 6.07) is 5.14. The second-order valence-electron chi connectivity index (χ2n) is 7.03. The standard InChI is InChI=1S/C16H20N2O5S/c1-16(2)12(13(16)15(20)21)14(19)17-10-5-4-9-6-7-18(11(9)8-10)24(3,22)23/h4-5,8,12-13H,6-7H2,1-3H3,(H,17,19)(H,20,21)/t12-,13-/m0/s1. The fourth-order valence-electron chi connectivity index (χ4n) is 3.58. The van der Waals surface area contributed by atoms with Crippen LogP contribution in [0.4, 0.5) is 11.4 Å². The van der Waals surface area contributed by atoms with Crippen molar-refractivity contribution in [2.45, 2.75) is 20.3 Å². The van der Waals surface area contributed by atoms with E-state index in [0.717, 1.165) is 11.8 Å². The van der Waals surface area contributed by atoms with Gasteiger partial charge in [-0.25, -0.2) is 8.42 Å². The number of fused-ring (bicyclic) bond motifs is 1. The minimum Gasteiger partial charge on any atom is -0.481 e. The van der Waals surface area contributed by atoms with Crippen LogP contribution in [0, 0.1) is 17.3 Å². The first-order valence-electron chi connectivity index (χ1n) is 7.68. The highest BCUT2D eigenvalue weighted by molar-refractivity contribution is 7.92. The number of rotatable bonds is 4. The van der Waals surface area contributed by atoms with Crippen LogP contribution in [0.2, 0.25) is 0 Å². The highest BCUT2D eigenvalue weighted by atomic mass is 32.2. The topological polar surface area (TPSA) is 104 Å². The Morgan fingerprint density at radius 3 is 2.50 bits per heavy atom. The summed E-state index contributed by atoms with van der Waals surface area (Å²) in [5.74, 6) is -2.61. The Balaban J connectivity index is 1.81. The first-order chi connectivity index (χ1) is 11.0. The summed E-state index contributed by atoms with van der Waals surface area (Å²) in [5, 5.41) is 11.9. The highest BCUT2D eigenvalue weighted by Gasteiger charge is 2.65. The fourth-order valence-corrected chi connectivity index (χ4v) is 4.53. The number of nitrogens with zero attached hydrogens (tertiary/aromatic N) is 1. The zero-order valence-electron chi connectivity index (χ0n) is 13.7. The summed E-state index contributed by atoms with van der Waals surface area (Å²) in [5.41, 5.74) is 1.38. The van der Waals surface area contributed by atoms with Crippen LogP contribution in [0.5, 0.6) is 0 Å². The molecule has 130 valence electrons. The molecule has 1 aromatic carbocycles. The van der Waals surface area contributed by atoms with Crippen LogP contribution >= 0.6 is 0 Å². The summed E-state index contributed by atoms with van der Waals surface area (Å²) < 4.78 is 25.0. The number of carboxylic acid groups (broad SMARTS) is 1. The van der Waals surface area contributed by atoms with Crippen molar-refractivity contribution in [3.63, 3.8) is 0 Å². The lowest BCUT2D eigenvalue weighted by Gasteiger charge is -2.17. The van der Waals surface area contributed by atoms with Gasteiger partial charge in [-0.15, -0.1) is 0 Å². The van der Waals surface area contributed by atoms with Crippen molar-refractivity contribution < 1.29 is 23.1 Å². The molecule has 1 aliphatic heterocycles. The number of nitrogens with one attached hydrogen (secondary N) is 1. The molecule has 2 N–H and O–H groups in total. The molecule has 0 saturated heterocycles. The van der Waals surface area contributed by atoms with E-state index in [-0.39, 0.29) is 5.91 Å². The quantitative estimate of drug-likeness (QED) is 0.850. The van der Waals surface area contributed by atoms with E-state index >= 15 is 0 Å². The van der Waals surface area contributed by atoms with E-state index in [1.54, 1.807) is 32.0 Å². The molecule has 8 heteroatoms. The van der Waals surface area contributed by atoms with Gasteiger partial charge >= 0.3 is 5.97 Å². The smallest absolute Gasteiger partial charge is 0.307 e. The Kier molecular flexibility index (Phi) is 3.63. The molecule has 3 rings (SSSR count).